The first kappa shape index (κ1) is 21.2. The maximum absolute atomic E-state index is 12.9. The van der Waals surface area contributed by atoms with E-state index in [1.54, 1.807) is 30.3 Å². The molecule has 0 aliphatic carbocycles. The van der Waals surface area contributed by atoms with Crippen LogP contribution in [0.1, 0.15) is 47.3 Å². The summed E-state index contributed by atoms with van der Waals surface area (Å²) in [7, 11) is 0. The van der Waals surface area contributed by atoms with Crippen LogP contribution in [0.3, 0.4) is 0 Å². The van der Waals surface area contributed by atoms with Crippen molar-refractivity contribution in [2.45, 2.75) is 38.1 Å². The first-order chi connectivity index (χ1) is 14.8. The number of aryl methyl sites for hydroxylation is 1. The van der Waals surface area contributed by atoms with Gasteiger partial charge in [0.05, 0.1) is 17.0 Å². The minimum Gasteiger partial charge on any atom is -0.478 e. The fraction of sp³-hybridized carbons (Fsp3) is 0.333. The number of rotatable bonds is 5. The minimum absolute atomic E-state index is 0.0904. The average Bonchev–Trinajstić information content (AvgIpc) is 2.74. The highest BCUT2D eigenvalue weighted by atomic mass is 35.5. The summed E-state index contributed by atoms with van der Waals surface area (Å²) in [5, 5.41) is 13.4. The molecule has 1 aliphatic rings. The zero-order chi connectivity index (χ0) is 22.1. The number of para-hydroxylation sites is 1. The second kappa shape index (κ2) is 8.63. The fourth-order valence-corrected chi connectivity index (χ4v) is 4.27. The second-order valence-corrected chi connectivity index (χ2v) is 8.68. The topological polar surface area (TPSA) is 82.8 Å². The van der Waals surface area contributed by atoms with Crippen molar-refractivity contribution in [3.63, 3.8) is 0 Å². The van der Waals surface area contributed by atoms with Crippen molar-refractivity contribution in [3.8, 4) is 0 Å². The number of carboxylic acid groups (broad SMARTS) is 1. The molecular formula is C24H25ClN2O4. The first-order valence-electron chi connectivity index (χ1n) is 10.4. The number of hydrogen-bond donors (Lipinski definition) is 2. The van der Waals surface area contributed by atoms with Gasteiger partial charge in [-0.15, -0.1) is 11.6 Å². The van der Waals surface area contributed by atoms with Crippen molar-refractivity contribution in [3.05, 3.63) is 69.4 Å². The Morgan fingerprint density at radius 3 is 2.65 bits per heavy atom. The van der Waals surface area contributed by atoms with Crippen molar-refractivity contribution in [1.29, 1.82) is 0 Å². The maximum atomic E-state index is 12.9. The standard InChI is InChI=1S/C24H25ClN2O4/c1-14-11-18(15(2)26-20-6-4-3-5-17(20)24(29)30)23-19(12-14)21(28)13-22(31-23)27-9-7-16(25)8-10-27/h3-6,11-13,15-16,26H,7-10H2,1-2H3,(H,29,30). The highest BCUT2D eigenvalue weighted by molar-refractivity contribution is 6.20. The molecule has 1 saturated heterocycles. The van der Waals surface area contributed by atoms with E-state index in [2.05, 4.69) is 10.2 Å². The van der Waals surface area contributed by atoms with Crippen LogP contribution >= 0.6 is 11.6 Å². The molecule has 4 rings (SSSR count). The number of aromatic carboxylic acids is 1. The molecular weight excluding hydrogens is 416 g/mol. The van der Waals surface area contributed by atoms with Gasteiger partial charge in [-0.1, -0.05) is 18.2 Å². The van der Waals surface area contributed by atoms with Gasteiger partial charge in [0.25, 0.3) is 0 Å². The van der Waals surface area contributed by atoms with E-state index in [9.17, 15) is 14.7 Å². The molecule has 6 nitrogen and oxygen atoms in total. The van der Waals surface area contributed by atoms with Gasteiger partial charge in [0.1, 0.15) is 5.58 Å². The lowest BCUT2D eigenvalue weighted by Crippen LogP contribution is -2.34. The van der Waals surface area contributed by atoms with E-state index in [1.807, 2.05) is 26.0 Å². The van der Waals surface area contributed by atoms with Crippen LogP contribution in [-0.2, 0) is 0 Å². The van der Waals surface area contributed by atoms with Gasteiger partial charge in [0.2, 0.25) is 0 Å². The Balaban J connectivity index is 1.76. The molecule has 0 saturated carbocycles. The molecule has 0 radical (unpaired) electrons. The van der Waals surface area contributed by atoms with Crippen LogP contribution in [-0.4, -0.2) is 29.5 Å². The van der Waals surface area contributed by atoms with Gasteiger partial charge in [0, 0.05) is 35.8 Å². The van der Waals surface area contributed by atoms with E-state index >= 15 is 0 Å². The van der Waals surface area contributed by atoms with E-state index in [1.165, 1.54) is 0 Å². The number of carbonyl (C=O) groups is 1. The smallest absolute Gasteiger partial charge is 0.337 e. The summed E-state index contributed by atoms with van der Waals surface area (Å²) in [6, 6.07) is 11.8. The van der Waals surface area contributed by atoms with Crippen LogP contribution < -0.4 is 15.6 Å². The van der Waals surface area contributed by atoms with E-state index in [0.29, 0.717) is 22.5 Å². The number of nitrogens with zero attached hydrogens (tertiary/aromatic N) is 1. The Bertz CT molecular complexity index is 1180. The minimum atomic E-state index is -0.999. The van der Waals surface area contributed by atoms with Crippen LogP contribution in [0.5, 0.6) is 0 Å². The molecule has 1 fully saturated rings. The normalized spacial score (nSPS) is 15.8. The Morgan fingerprint density at radius 1 is 1.23 bits per heavy atom. The van der Waals surface area contributed by atoms with Crippen molar-refractivity contribution < 1.29 is 14.3 Å². The van der Waals surface area contributed by atoms with E-state index in [0.717, 1.165) is 37.1 Å². The summed E-state index contributed by atoms with van der Waals surface area (Å²) in [4.78, 5) is 26.6. The molecule has 2 aromatic carbocycles. The number of piperidine rings is 1. The molecule has 31 heavy (non-hydrogen) atoms. The third-order valence-electron chi connectivity index (χ3n) is 5.72. The van der Waals surface area contributed by atoms with Gasteiger partial charge in [-0.3, -0.25) is 4.79 Å². The van der Waals surface area contributed by atoms with Crippen molar-refractivity contribution >= 4 is 40.1 Å². The van der Waals surface area contributed by atoms with Gasteiger partial charge in [-0.05, 0) is 50.5 Å². The number of nitrogens with one attached hydrogen (secondary N) is 1. The fourth-order valence-electron chi connectivity index (χ4n) is 4.07. The highest BCUT2D eigenvalue weighted by Gasteiger charge is 2.22. The molecule has 0 bridgehead atoms. The van der Waals surface area contributed by atoms with Crippen LogP contribution in [0.2, 0.25) is 0 Å². The number of carboxylic acids is 1. The number of benzene rings is 2. The predicted molar refractivity (Wildman–Crippen MR) is 124 cm³/mol. The van der Waals surface area contributed by atoms with Crippen LogP contribution in [0.4, 0.5) is 11.6 Å². The summed E-state index contributed by atoms with van der Waals surface area (Å²) in [6.07, 6.45) is 1.68. The highest BCUT2D eigenvalue weighted by Crippen LogP contribution is 2.31. The van der Waals surface area contributed by atoms with Gasteiger partial charge in [-0.25, -0.2) is 4.79 Å². The Hall–Kier alpha value is -2.99. The molecule has 2 N–H and O–H groups in total. The van der Waals surface area contributed by atoms with Gasteiger partial charge < -0.3 is 19.7 Å². The lowest BCUT2D eigenvalue weighted by Gasteiger charge is -2.30. The average molecular weight is 441 g/mol. The summed E-state index contributed by atoms with van der Waals surface area (Å²) < 4.78 is 6.27. The third kappa shape index (κ3) is 4.39. The third-order valence-corrected chi connectivity index (χ3v) is 6.16. The van der Waals surface area contributed by atoms with Crippen LogP contribution in [0.25, 0.3) is 11.0 Å². The maximum Gasteiger partial charge on any atom is 0.337 e. The molecule has 2 heterocycles. The van der Waals surface area contributed by atoms with Gasteiger partial charge >= 0.3 is 5.97 Å². The van der Waals surface area contributed by atoms with E-state index < -0.39 is 5.97 Å². The summed E-state index contributed by atoms with van der Waals surface area (Å²) in [5.74, 6) is -0.454. The molecule has 1 unspecified atom stereocenters. The molecule has 0 spiro atoms. The quantitative estimate of drug-likeness (QED) is 0.532. The van der Waals surface area contributed by atoms with Crippen molar-refractivity contribution in [2.75, 3.05) is 23.3 Å². The number of fused-ring (bicyclic) bond motifs is 1. The Kier molecular flexibility index (Phi) is 5.92. The second-order valence-electron chi connectivity index (χ2n) is 8.06. The summed E-state index contributed by atoms with van der Waals surface area (Å²) in [6.45, 7) is 5.34. The molecule has 1 atom stereocenters. The van der Waals surface area contributed by atoms with Crippen LogP contribution in [0, 0.1) is 6.92 Å². The summed E-state index contributed by atoms with van der Waals surface area (Å²) >= 11 is 6.22. The number of halogens is 1. The zero-order valence-corrected chi connectivity index (χ0v) is 18.3. The van der Waals surface area contributed by atoms with Gasteiger partial charge in [0.15, 0.2) is 11.3 Å². The SMILES string of the molecule is Cc1cc(C(C)Nc2ccccc2C(=O)O)c2oc(N3CCC(Cl)CC3)cc(=O)c2c1. The lowest BCUT2D eigenvalue weighted by molar-refractivity contribution is 0.0698. The van der Waals surface area contributed by atoms with Crippen molar-refractivity contribution in [1.82, 2.24) is 0 Å². The lowest BCUT2D eigenvalue weighted by atomic mass is 10.0. The van der Waals surface area contributed by atoms with Crippen molar-refractivity contribution in [2.24, 2.45) is 0 Å². The predicted octanol–water partition coefficient (Wildman–Crippen LogP) is 5.18. The zero-order valence-electron chi connectivity index (χ0n) is 17.5. The molecule has 1 aliphatic heterocycles. The first-order valence-corrected chi connectivity index (χ1v) is 10.8. The van der Waals surface area contributed by atoms with E-state index in [4.69, 9.17) is 16.0 Å². The molecule has 1 aromatic heterocycles. The number of alkyl halides is 1. The molecule has 162 valence electrons. The monoisotopic (exact) mass is 440 g/mol. The van der Waals surface area contributed by atoms with Gasteiger partial charge in [-0.2, -0.15) is 0 Å². The summed E-state index contributed by atoms with van der Waals surface area (Å²) in [5.41, 5.74) is 2.88. The van der Waals surface area contributed by atoms with E-state index in [-0.39, 0.29) is 22.4 Å². The molecule has 0 amide bonds. The van der Waals surface area contributed by atoms with Crippen LogP contribution in [0.15, 0.2) is 51.7 Å². The molecule has 7 heteroatoms. The Labute approximate surface area is 185 Å². The number of hydrogen-bond acceptors (Lipinski definition) is 5. The Morgan fingerprint density at radius 2 is 1.94 bits per heavy atom. The largest absolute Gasteiger partial charge is 0.478 e. The number of anilines is 2. The molecule has 3 aromatic rings.